The normalized spacial score (nSPS) is 7.00. The SMILES string of the molecule is CCCC[O-].[Zr]. The fraction of sp³-hybridized carbons (Fsp3) is 1.00. The van der Waals surface area contributed by atoms with E-state index in [1.165, 1.54) is 0 Å². The van der Waals surface area contributed by atoms with Gasteiger partial charge in [0.2, 0.25) is 0 Å². The van der Waals surface area contributed by atoms with Gasteiger partial charge >= 0.3 is 0 Å². The molecule has 0 saturated carbocycles. The van der Waals surface area contributed by atoms with E-state index in [1.807, 2.05) is 6.92 Å². The molecule has 0 rings (SSSR count). The third-order valence-electron chi connectivity index (χ3n) is 0.498. The molecule has 0 aliphatic carbocycles. The van der Waals surface area contributed by atoms with E-state index in [0.717, 1.165) is 12.8 Å². The average Bonchev–Trinajstić information content (AvgIpc) is 1.41. The van der Waals surface area contributed by atoms with Crippen LogP contribution in [0.2, 0.25) is 0 Å². The van der Waals surface area contributed by atoms with Gasteiger partial charge in [0.1, 0.15) is 0 Å². The van der Waals surface area contributed by atoms with Gasteiger partial charge in [0.25, 0.3) is 0 Å². The van der Waals surface area contributed by atoms with Gasteiger partial charge in [0, 0.05) is 26.2 Å². The molecule has 0 N–H and O–H groups in total. The molecular formula is C4H9OZr-. The standard InChI is InChI=1S/C4H9O.Zr/c1-2-3-4-5;/h2-4H2,1H3;/q-1;. The first-order valence-corrected chi connectivity index (χ1v) is 2.00. The summed E-state index contributed by atoms with van der Waals surface area (Å²) in [6.45, 7) is 2.11. The summed E-state index contributed by atoms with van der Waals surface area (Å²) >= 11 is 0. The zero-order valence-corrected chi connectivity index (χ0v) is 6.49. The average molecular weight is 164 g/mol. The van der Waals surface area contributed by atoms with E-state index in [1.54, 1.807) is 0 Å². The Kier molecular flexibility index (Phi) is 15.4. The topological polar surface area (TPSA) is 23.1 Å². The maximum absolute atomic E-state index is 9.53. The molecule has 0 unspecified atom stereocenters. The van der Waals surface area contributed by atoms with Crippen LogP contribution in [0, 0.1) is 0 Å². The second-order valence-electron chi connectivity index (χ2n) is 1.06. The van der Waals surface area contributed by atoms with E-state index < -0.39 is 0 Å². The summed E-state index contributed by atoms with van der Waals surface area (Å²) in [6.07, 6.45) is 1.86. The van der Waals surface area contributed by atoms with Gasteiger partial charge in [-0.15, -0.1) is 6.61 Å². The first kappa shape index (κ1) is 9.96. The first-order chi connectivity index (χ1) is 2.41. The van der Waals surface area contributed by atoms with Gasteiger partial charge in [-0.05, 0) is 0 Å². The van der Waals surface area contributed by atoms with E-state index in [-0.39, 0.29) is 32.8 Å². The fourth-order valence-corrected chi connectivity index (χ4v) is 0.144. The van der Waals surface area contributed by atoms with Crippen LogP contribution in [0.1, 0.15) is 19.8 Å². The Labute approximate surface area is 57.9 Å². The molecule has 0 bridgehead atoms. The molecule has 36 valence electrons. The minimum Gasteiger partial charge on any atom is -0.854 e. The molecule has 0 aliphatic rings. The summed E-state index contributed by atoms with van der Waals surface area (Å²) < 4.78 is 0. The Morgan fingerprint density at radius 3 is 2.00 bits per heavy atom. The molecular weight excluding hydrogens is 155 g/mol. The van der Waals surface area contributed by atoms with Crippen molar-refractivity contribution in [2.75, 3.05) is 6.61 Å². The molecule has 0 amide bonds. The first-order valence-electron chi connectivity index (χ1n) is 2.00. The Morgan fingerprint density at radius 1 is 1.50 bits per heavy atom. The van der Waals surface area contributed by atoms with Crippen LogP contribution in [-0.2, 0) is 26.2 Å². The smallest absolute Gasteiger partial charge is 0 e. The number of unbranched alkanes of at least 4 members (excludes halogenated alkanes) is 1. The van der Waals surface area contributed by atoms with Crippen LogP contribution in [0.3, 0.4) is 0 Å². The summed E-state index contributed by atoms with van der Waals surface area (Å²) in [6, 6.07) is 0. The van der Waals surface area contributed by atoms with Crippen molar-refractivity contribution in [1.29, 1.82) is 0 Å². The molecule has 0 aliphatic heterocycles. The molecule has 2 heteroatoms. The minimum absolute atomic E-state index is 0. The molecule has 0 aromatic rings. The van der Waals surface area contributed by atoms with Crippen molar-refractivity contribution in [3.05, 3.63) is 0 Å². The summed E-state index contributed by atoms with van der Waals surface area (Å²) in [7, 11) is 0. The van der Waals surface area contributed by atoms with Crippen molar-refractivity contribution in [3.8, 4) is 0 Å². The van der Waals surface area contributed by atoms with Crippen LogP contribution in [0.5, 0.6) is 0 Å². The van der Waals surface area contributed by atoms with Crippen LogP contribution in [0.15, 0.2) is 0 Å². The zero-order chi connectivity index (χ0) is 4.12. The van der Waals surface area contributed by atoms with Gasteiger partial charge in [-0.1, -0.05) is 19.8 Å². The van der Waals surface area contributed by atoms with Gasteiger partial charge in [0.05, 0.1) is 0 Å². The van der Waals surface area contributed by atoms with Crippen LogP contribution in [0.25, 0.3) is 0 Å². The Bertz CT molecular complexity index is 15.0. The predicted molar refractivity (Wildman–Crippen MR) is 19.8 cm³/mol. The van der Waals surface area contributed by atoms with Crippen molar-refractivity contribution in [2.24, 2.45) is 0 Å². The summed E-state index contributed by atoms with van der Waals surface area (Å²) in [5.74, 6) is 0. The van der Waals surface area contributed by atoms with Crippen LogP contribution in [0.4, 0.5) is 0 Å². The van der Waals surface area contributed by atoms with E-state index in [9.17, 15) is 5.11 Å². The van der Waals surface area contributed by atoms with Crippen molar-refractivity contribution >= 4 is 0 Å². The minimum atomic E-state index is 0. The zero-order valence-electron chi connectivity index (χ0n) is 4.03. The van der Waals surface area contributed by atoms with Crippen molar-refractivity contribution in [2.45, 2.75) is 19.8 Å². The molecule has 0 fully saturated rings. The van der Waals surface area contributed by atoms with Gasteiger partial charge < -0.3 is 5.11 Å². The largest absolute Gasteiger partial charge is 0.854 e. The second kappa shape index (κ2) is 9.28. The summed E-state index contributed by atoms with van der Waals surface area (Å²) in [4.78, 5) is 0. The summed E-state index contributed by atoms with van der Waals surface area (Å²) in [5.41, 5.74) is 0. The number of rotatable bonds is 2. The second-order valence-corrected chi connectivity index (χ2v) is 1.06. The molecule has 0 radical (unpaired) electrons. The Hall–Kier alpha value is 0.843. The van der Waals surface area contributed by atoms with Crippen molar-refractivity contribution in [1.82, 2.24) is 0 Å². The Morgan fingerprint density at radius 2 is 2.00 bits per heavy atom. The van der Waals surface area contributed by atoms with Gasteiger partial charge in [-0.2, -0.15) is 0 Å². The van der Waals surface area contributed by atoms with Gasteiger partial charge in [0.15, 0.2) is 0 Å². The van der Waals surface area contributed by atoms with Crippen molar-refractivity contribution in [3.63, 3.8) is 0 Å². The number of hydrogen-bond acceptors (Lipinski definition) is 1. The molecule has 0 aromatic carbocycles. The number of hydrogen-bond donors (Lipinski definition) is 0. The molecule has 1 nitrogen and oxygen atoms in total. The van der Waals surface area contributed by atoms with Crippen LogP contribution >= 0.6 is 0 Å². The van der Waals surface area contributed by atoms with E-state index >= 15 is 0 Å². The third kappa shape index (κ3) is 8.85. The molecule has 0 spiro atoms. The van der Waals surface area contributed by atoms with Crippen LogP contribution in [-0.4, -0.2) is 6.61 Å². The monoisotopic (exact) mass is 163 g/mol. The Balaban J connectivity index is 0. The van der Waals surface area contributed by atoms with Gasteiger partial charge in [-0.3, -0.25) is 0 Å². The van der Waals surface area contributed by atoms with Crippen LogP contribution < -0.4 is 5.11 Å². The molecule has 6 heavy (non-hydrogen) atoms. The summed E-state index contributed by atoms with van der Waals surface area (Å²) in [5, 5.41) is 9.53. The third-order valence-corrected chi connectivity index (χ3v) is 0.498. The maximum atomic E-state index is 9.53. The van der Waals surface area contributed by atoms with E-state index in [0.29, 0.717) is 0 Å². The van der Waals surface area contributed by atoms with Crippen molar-refractivity contribution < 1.29 is 31.3 Å². The fourth-order valence-electron chi connectivity index (χ4n) is 0.144. The van der Waals surface area contributed by atoms with Gasteiger partial charge in [-0.25, -0.2) is 0 Å². The van der Waals surface area contributed by atoms with E-state index in [2.05, 4.69) is 0 Å². The molecule has 0 atom stereocenters. The quantitative estimate of drug-likeness (QED) is 0.569. The molecule has 0 heterocycles. The predicted octanol–water partition coefficient (Wildman–Crippen LogP) is 0.144. The maximum Gasteiger partial charge on any atom is 0 e. The molecule has 0 aromatic heterocycles. The van der Waals surface area contributed by atoms with E-state index in [4.69, 9.17) is 0 Å². The molecule has 0 saturated heterocycles.